The number of carbonyl (C=O) groups is 1. The van der Waals surface area contributed by atoms with E-state index in [0.29, 0.717) is 4.99 Å². The molecule has 0 bridgehead atoms. The largest absolute Gasteiger partial charge is 0.508 e. The zero-order chi connectivity index (χ0) is 10.8. The Labute approximate surface area is 96.2 Å². The average molecular weight is 237 g/mol. The molecular formula is C10H7NO2S2. The Hall–Kier alpha value is -1.33. The minimum absolute atomic E-state index is 0.148. The fraction of sp³-hybridized carbons (Fsp3) is 0. The van der Waals surface area contributed by atoms with Gasteiger partial charge in [0.25, 0.3) is 5.24 Å². The topological polar surface area (TPSA) is 49.3 Å². The number of hydrogen-bond donors (Lipinski definition) is 2. The summed E-state index contributed by atoms with van der Waals surface area (Å²) in [7, 11) is 0. The van der Waals surface area contributed by atoms with Crippen LogP contribution in [0, 0.1) is 0 Å². The Bertz CT molecular complexity index is 451. The first kappa shape index (κ1) is 10.2. The average Bonchev–Trinajstić information content (AvgIpc) is 2.49. The van der Waals surface area contributed by atoms with E-state index in [1.807, 2.05) is 6.08 Å². The van der Waals surface area contributed by atoms with Gasteiger partial charge < -0.3 is 10.4 Å². The molecule has 1 aliphatic rings. The van der Waals surface area contributed by atoms with Crippen LogP contribution >= 0.6 is 24.0 Å². The summed E-state index contributed by atoms with van der Waals surface area (Å²) in [5.74, 6) is 0.216. The number of benzene rings is 1. The minimum Gasteiger partial charge on any atom is -0.508 e. The number of amides is 1. The molecule has 1 saturated heterocycles. The van der Waals surface area contributed by atoms with Crippen LogP contribution in [0.3, 0.4) is 0 Å². The SMILES string of the molecule is O=C1NC(=S)C(=Cc2ccc(O)cc2)S1. The molecule has 0 unspecified atom stereocenters. The molecule has 1 fully saturated rings. The van der Waals surface area contributed by atoms with Gasteiger partial charge in [-0.2, -0.15) is 0 Å². The third-order valence-electron chi connectivity index (χ3n) is 1.83. The van der Waals surface area contributed by atoms with Crippen LogP contribution in [0.5, 0.6) is 5.75 Å². The maximum absolute atomic E-state index is 11.0. The molecule has 1 amide bonds. The predicted octanol–water partition coefficient (Wildman–Crippen LogP) is 2.52. The number of hydrogen-bond acceptors (Lipinski definition) is 4. The van der Waals surface area contributed by atoms with Crippen LogP contribution in [-0.2, 0) is 0 Å². The second-order valence-electron chi connectivity index (χ2n) is 2.94. The zero-order valence-electron chi connectivity index (χ0n) is 7.56. The summed E-state index contributed by atoms with van der Waals surface area (Å²) >= 11 is 6.05. The minimum atomic E-state index is -0.148. The van der Waals surface area contributed by atoms with Gasteiger partial charge in [0.05, 0.1) is 4.91 Å². The summed E-state index contributed by atoms with van der Waals surface area (Å²) in [4.78, 5) is 12.2. The smallest absolute Gasteiger partial charge is 0.289 e. The molecule has 0 saturated carbocycles. The van der Waals surface area contributed by atoms with E-state index in [1.165, 1.54) is 0 Å². The maximum atomic E-state index is 11.0. The molecule has 15 heavy (non-hydrogen) atoms. The standard InChI is InChI=1S/C10H7NO2S2/c12-7-3-1-6(2-4-7)5-8-9(14)11-10(13)15-8/h1-5,12H,(H,11,13,14). The van der Waals surface area contributed by atoms with E-state index in [2.05, 4.69) is 5.32 Å². The van der Waals surface area contributed by atoms with Gasteiger partial charge in [0.2, 0.25) is 0 Å². The van der Waals surface area contributed by atoms with Crippen LogP contribution in [0.4, 0.5) is 4.79 Å². The van der Waals surface area contributed by atoms with Gasteiger partial charge in [0, 0.05) is 0 Å². The van der Waals surface area contributed by atoms with E-state index < -0.39 is 0 Å². The lowest BCUT2D eigenvalue weighted by Crippen LogP contribution is -2.15. The highest BCUT2D eigenvalue weighted by Crippen LogP contribution is 2.26. The van der Waals surface area contributed by atoms with Crippen molar-refractivity contribution in [3.8, 4) is 5.75 Å². The van der Waals surface area contributed by atoms with Gasteiger partial charge in [-0.25, -0.2) is 0 Å². The maximum Gasteiger partial charge on any atom is 0.289 e. The van der Waals surface area contributed by atoms with E-state index in [0.717, 1.165) is 22.2 Å². The van der Waals surface area contributed by atoms with Gasteiger partial charge >= 0.3 is 0 Å². The lowest BCUT2D eigenvalue weighted by atomic mass is 10.2. The van der Waals surface area contributed by atoms with Crippen molar-refractivity contribution in [2.45, 2.75) is 0 Å². The number of rotatable bonds is 1. The van der Waals surface area contributed by atoms with E-state index in [9.17, 15) is 4.79 Å². The molecule has 1 aromatic carbocycles. The van der Waals surface area contributed by atoms with Gasteiger partial charge in [-0.1, -0.05) is 24.4 Å². The van der Waals surface area contributed by atoms with Crippen molar-refractivity contribution in [2.24, 2.45) is 0 Å². The van der Waals surface area contributed by atoms with Gasteiger partial charge in [-0.05, 0) is 35.5 Å². The van der Waals surface area contributed by atoms with E-state index in [1.54, 1.807) is 24.3 Å². The molecule has 2 rings (SSSR count). The van der Waals surface area contributed by atoms with Crippen molar-refractivity contribution in [1.29, 1.82) is 0 Å². The first-order valence-corrected chi connectivity index (χ1v) is 5.41. The second kappa shape index (κ2) is 4.04. The van der Waals surface area contributed by atoms with Crippen LogP contribution < -0.4 is 5.32 Å². The summed E-state index contributed by atoms with van der Waals surface area (Å²) in [5.41, 5.74) is 0.897. The van der Waals surface area contributed by atoms with Crippen LogP contribution in [0.15, 0.2) is 29.2 Å². The molecule has 1 aliphatic heterocycles. The lowest BCUT2D eigenvalue weighted by Gasteiger charge is -1.96. The molecule has 0 aliphatic carbocycles. The molecule has 3 nitrogen and oxygen atoms in total. The summed E-state index contributed by atoms with van der Waals surface area (Å²) in [6.07, 6.45) is 1.81. The number of phenols is 1. The summed E-state index contributed by atoms with van der Waals surface area (Å²) in [5, 5.41) is 11.5. The number of thiocarbonyl (C=S) groups is 1. The van der Waals surface area contributed by atoms with Crippen molar-refractivity contribution in [3.63, 3.8) is 0 Å². The van der Waals surface area contributed by atoms with E-state index in [-0.39, 0.29) is 11.0 Å². The summed E-state index contributed by atoms with van der Waals surface area (Å²) < 4.78 is 0. The zero-order valence-corrected chi connectivity index (χ0v) is 9.19. The molecule has 0 aromatic heterocycles. The van der Waals surface area contributed by atoms with Crippen LogP contribution in [0.25, 0.3) is 6.08 Å². The molecule has 0 spiro atoms. The summed E-state index contributed by atoms with van der Waals surface area (Å²) in [6, 6.07) is 6.69. The Balaban J connectivity index is 2.27. The number of thioether (sulfide) groups is 1. The fourth-order valence-electron chi connectivity index (χ4n) is 1.14. The Morgan fingerprint density at radius 1 is 1.33 bits per heavy atom. The number of phenolic OH excluding ortho intramolecular Hbond substituents is 1. The first-order chi connectivity index (χ1) is 7.15. The third-order valence-corrected chi connectivity index (χ3v) is 3.11. The molecule has 1 heterocycles. The van der Waals surface area contributed by atoms with E-state index in [4.69, 9.17) is 17.3 Å². The number of aromatic hydroxyl groups is 1. The van der Waals surface area contributed by atoms with Gasteiger partial charge in [-0.15, -0.1) is 0 Å². The first-order valence-electron chi connectivity index (χ1n) is 4.19. The fourth-order valence-corrected chi connectivity index (χ4v) is 2.18. The van der Waals surface area contributed by atoms with Crippen LogP contribution in [0.1, 0.15) is 5.56 Å². The van der Waals surface area contributed by atoms with Crippen molar-refractivity contribution in [2.75, 3.05) is 0 Å². The Morgan fingerprint density at radius 3 is 2.53 bits per heavy atom. The molecule has 5 heteroatoms. The number of carbonyl (C=O) groups excluding carboxylic acids is 1. The van der Waals surface area contributed by atoms with Crippen molar-refractivity contribution in [1.82, 2.24) is 5.32 Å². The monoisotopic (exact) mass is 237 g/mol. The van der Waals surface area contributed by atoms with Crippen molar-refractivity contribution >= 4 is 40.3 Å². The second-order valence-corrected chi connectivity index (χ2v) is 4.37. The quantitative estimate of drug-likeness (QED) is 0.582. The van der Waals surface area contributed by atoms with Gasteiger partial charge in [-0.3, -0.25) is 4.79 Å². The third kappa shape index (κ3) is 2.37. The highest BCUT2D eigenvalue weighted by molar-refractivity contribution is 8.19. The van der Waals surface area contributed by atoms with Crippen LogP contribution in [-0.4, -0.2) is 15.3 Å². The highest BCUT2D eigenvalue weighted by atomic mass is 32.2. The predicted molar refractivity (Wildman–Crippen MR) is 64.8 cm³/mol. The van der Waals surface area contributed by atoms with Crippen LogP contribution in [0.2, 0.25) is 0 Å². The number of nitrogens with one attached hydrogen (secondary N) is 1. The highest BCUT2D eigenvalue weighted by Gasteiger charge is 2.21. The van der Waals surface area contributed by atoms with Crippen molar-refractivity contribution in [3.05, 3.63) is 34.7 Å². The summed E-state index contributed by atoms with van der Waals surface area (Å²) in [6.45, 7) is 0. The molecule has 1 aromatic rings. The van der Waals surface area contributed by atoms with Crippen molar-refractivity contribution < 1.29 is 9.90 Å². The van der Waals surface area contributed by atoms with Gasteiger partial charge in [0.15, 0.2) is 0 Å². The molecule has 0 radical (unpaired) electrons. The van der Waals surface area contributed by atoms with Gasteiger partial charge in [0.1, 0.15) is 10.7 Å². The Morgan fingerprint density at radius 2 is 2.00 bits per heavy atom. The molecular weight excluding hydrogens is 230 g/mol. The molecule has 0 atom stereocenters. The normalized spacial score (nSPS) is 18.3. The molecule has 76 valence electrons. The van der Waals surface area contributed by atoms with E-state index >= 15 is 0 Å². The molecule has 2 N–H and O–H groups in total. The lowest BCUT2D eigenvalue weighted by molar-refractivity contribution is 0.265. The Kier molecular flexibility index (Phi) is 2.75.